The molecule has 1 heterocycles. The number of hydrogen-bond donors (Lipinski definition) is 0. The zero-order valence-corrected chi connectivity index (χ0v) is 12.8. The van der Waals surface area contributed by atoms with Crippen LogP contribution in [0.5, 0.6) is 0 Å². The third kappa shape index (κ3) is 3.07. The summed E-state index contributed by atoms with van der Waals surface area (Å²) >= 11 is 12.1. The average Bonchev–Trinajstić information content (AvgIpc) is 2.96. The Morgan fingerprint density at radius 1 is 1.26 bits per heavy atom. The van der Waals surface area contributed by atoms with Crippen molar-refractivity contribution in [2.45, 2.75) is 32.2 Å². The van der Waals surface area contributed by atoms with Gasteiger partial charge in [-0.2, -0.15) is 0 Å². The number of rotatable bonds is 4. The Kier molecular flexibility index (Phi) is 4.02. The van der Waals surface area contributed by atoms with Crippen molar-refractivity contribution in [3.8, 4) is 0 Å². The van der Waals surface area contributed by atoms with Crippen LogP contribution >= 0.6 is 23.2 Å². The summed E-state index contributed by atoms with van der Waals surface area (Å²) in [4.78, 5) is 6.67. The van der Waals surface area contributed by atoms with Crippen LogP contribution < -0.4 is 0 Å². The van der Waals surface area contributed by atoms with Gasteiger partial charge in [-0.3, -0.25) is 0 Å². The predicted molar refractivity (Wildman–Crippen MR) is 79.5 cm³/mol. The van der Waals surface area contributed by atoms with Crippen molar-refractivity contribution in [2.75, 3.05) is 13.6 Å². The highest BCUT2D eigenvalue weighted by atomic mass is 35.5. The summed E-state index contributed by atoms with van der Waals surface area (Å²) in [5.74, 6) is 2.85. The van der Waals surface area contributed by atoms with Gasteiger partial charge in [0.05, 0.1) is 10.7 Å². The molecule has 2 bridgehead atoms. The summed E-state index contributed by atoms with van der Waals surface area (Å²) in [6.07, 6.45) is 5.80. The maximum absolute atomic E-state index is 6.17. The molecule has 0 saturated heterocycles. The molecular formula is C15H20Cl2N2. The van der Waals surface area contributed by atoms with E-state index in [0.29, 0.717) is 10.2 Å². The Hall–Kier alpha value is -0.310. The van der Waals surface area contributed by atoms with Crippen LogP contribution in [0.2, 0.25) is 10.2 Å². The number of fused-ring (bicyclic) bond motifs is 2. The van der Waals surface area contributed by atoms with Gasteiger partial charge in [-0.1, -0.05) is 29.6 Å². The molecule has 0 radical (unpaired) electrons. The Morgan fingerprint density at radius 2 is 2.11 bits per heavy atom. The van der Waals surface area contributed by atoms with Crippen LogP contribution in [0, 0.1) is 17.8 Å². The Balaban J connectivity index is 1.59. The van der Waals surface area contributed by atoms with Crippen molar-refractivity contribution >= 4 is 23.2 Å². The lowest BCUT2D eigenvalue weighted by Gasteiger charge is -2.27. The Morgan fingerprint density at radius 3 is 2.79 bits per heavy atom. The van der Waals surface area contributed by atoms with E-state index in [1.807, 2.05) is 6.07 Å². The first-order valence-corrected chi connectivity index (χ1v) is 7.87. The van der Waals surface area contributed by atoms with Gasteiger partial charge in [0.25, 0.3) is 0 Å². The molecule has 2 nitrogen and oxygen atoms in total. The third-order valence-electron chi connectivity index (χ3n) is 4.74. The number of pyridine rings is 1. The largest absolute Gasteiger partial charge is 0.300 e. The van der Waals surface area contributed by atoms with E-state index < -0.39 is 0 Å². The van der Waals surface area contributed by atoms with Crippen molar-refractivity contribution in [1.82, 2.24) is 9.88 Å². The molecule has 2 aliphatic carbocycles. The van der Waals surface area contributed by atoms with E-state index in [4.69, 9.17) is 23.2 Å². The van der Waals surface area contributed by atoms with Gasteiger partial charge in [0.1, 0.15) is 5.15 Å². The van der Waals surface area contributed by atoms with Crippen LogP contribution in [0.3, 0.4) is 0 Å². The van der Waals surface area contributed by atoms with Gasteiger partial charge >= 0.3 is 0 Å². The molecule has 4 heteroatoms. The normalized spacial score (nSPS) is 29.4. The number of hydrogen-bond acceptors (Lipinski definition) is 2. The molecule has 0 N–H and O–H groups in total. The molecule has 1 aromatic heterocycles. The highest BCUT2D eigenvalue weighted by Crippen LogP contribution is 2.48. The Bertz CT molecular complexity index is 463. The molecule has 2 aliphatic rings. The highest BCUT2D eigenvalue weighted by Gasteiger charge is 2.39. The molecule has 0 amide bonds. The fourth-order valence-electron chi connectivity index (χ4n) is 3.89. The van der Waals surface area contributed by atoms with E-state index in [-0.39, 0.29) is 0 Å². The third-order valence-corrected chi connectivity index (χ3v) is 5.29. The summed E-state index contributed by atoms with van der Waals surface area (Å²) < 4.78 is 0. The molecule has 104 valence electrons. The molecule has 3 rings (SSSR count). The van der Waals surface area contributed by atoms with Gasteiger partial charge in [0, 0.05) is 13.1 Å². The number of aromatic nitrogens is 1. The average molecular weight is 299 g/mol. The first-order valence-electron chi connectivity index (χ1n) is 7.11. The molecule has 0 aromatic carbocycles. The summed E-state index contributed by atoms with van der Waals surface area (Å²) in [6.45, 7) is 1.94. The van der Waals surface area contributed by atoms with Gasteiger partial charge in [0.2, 0.25) is 0 Å². The van der Waals surface area contributed by atoms with Crippen LogP contribution in [-0.2, 0) is 6.54 Å². The van der Waals surface area contributed by atoms with Crippen LogP contribution in [0.4, 0.5) is 0 Å². The first kappa shape index (κ1) is 13.7. The molecule has 2 saturated carbocycles. The van der Waals surface area contributed by atoms with Gasteiger partial charge in [0.15, 0.2) is 0 Å². The standard InChI is InChI=1S/C15H20Cl2N2/c1-19(8-12-7-10-2-3-11(12)6-10)9-14-13(16)4-5-15(17)18-14/h4-5,10-12H,2-3,6-9H2,1H3. The maximum atomic E-state index is 6.17. The summed E-state index contributed by atoms with van der Waals surface area (Å²) in [5.41, 5.74) is 0.889. The molecule has 3 unspecified atom stereocenters. The minimum absolute atomic E-state index is 0.521. The van der Waals surface area contributed by atoms with Crippen molar-refractivity contribution in [3.63, 3.8) is 0 Å². The molecule has 1 aromatic rings. The SMILES string of the molecule is CN(Cc1nc(Cl)ccc1Cl)CC1CC2CCC1C2. The zero-order chi connectivity index (χ0) is 13.4. The lowest BCUT2D eigenvalue weighted by Crippen LogP contribution is -2.28. The van der Waals surface area contributed by atoms with Crippen molar-refractivity contribution in [3.05, 3.63) is 28.0 Å². The summed E-state index contributed by atoms with van der Waals surface area (Å²) in [7, 11) is 2.16. The van der Waals surface area contributed by atoms with Crippen molar-refractivity contribution < 1.29 is 0 Å². The van der Waals surface area contributed by atoms with Gasteiger partial charge in [-0.25, -0.2) is 4.98 Å². The second-order valence-electron chi connectivity index (χ2n) is 6.19. The van der Waals surface area contributed by atoms with E-state index in [0.717, 1.165) is 36.5 Å². The van der Waals surface area contributed by atoms with Crippen molar-refractivity contribution in [1.29, 1.82) is 0 Å². The second-order valence-corrected chi connectivity index (χ2v) is 6.99. The zero-order valence-electron chi connectivity index (χ0n) is 11.3. The fourth-order valence-corrected chi connectivity index (χ4v) is 4.22. The van der Waals surface area contributed by atoms with Crippen LogP contribution in [0.25, 0.3) is 0 Å². The highest BCUT2D eigenvalue weighted by molar-refractivity contribution is 6.32. The smallest absolute Gasteiger partial charge is 0.129 e. The van der Waals surface area contributed by atoms with E-state index in [1.165, 1.54) is 25.7 Å². The van der Waals surface area contributed by atoms with E-state index in [1.54, 1.807) is 6.07 Å². The molecular weight excluding hydrogens is 279 g/mol. The Labute approximate surface area is 125 Å². The van der Waals surface area contributed by atoms with Crippen LogP contribution in [0.1, 0.15) is 31.4 Å². The molecule has 3 atom stereocenters. The number of halogens is 2. The van der Waals surface area contributed by atoms with Crippen LogP contribution in [-0.4, -0.2) is 23.5 Å². The molecule has 0 aliphatic heterocycles. The van der Waals surface area contributed by atoms with Gasteiger partial charge in [-0.15, -0.1) is 0 Å². The summed E-state index contributed by atoms with van der Waals surface area (Å²) in [6, 6.07) is 3.57. The maximum Gasteiger partial charge on any atom is 0.129 e. The second kappa shape index (κ2) is 5.59. The van der Waals surface area contributed by atoms with Crippen LogP contribution in [0.15, 0.2) is 12.1 Å². The van der Waals surface area contributed by atoms with E-state index in [2.05, 4.69) is 16.9 Å². The topological polar surface area (TPSA) is 16.1 Å². The minimum atomic E-state index is 0.521. The molecule has 19 heavy (non-hydrogen) atoms. The lowest BCUT2D eigenvalue weighted by molar-refractivity contribution is 0.213. The minimum Gasteiger partial charge on any atom is -0.300 e. The van der Waals surface area contributed by atoms with Gasteiger partial charge < -0.3 is 4.90 Å². The fraction of sp³-hybridized carbons (Fsp3) is 0.667. The van der Waals surface area contributed by atoms with E-state index >= 15 is 0 Å². The predicted octanol–water partition coefficient (Wildman–Crippen LogP) is 4.26. The monoisotopic (exact) mass is 298 g/mol. The molecule has 0 spiro atoms. The van der Waals surface area contributed by atoms with Crippen molar-refractivity contribution in [2.24, 2.45) is 17.8 Å². The lowest BCUT2D eigenvalue weighted by atomic mass is 9.88. The quantitative estimate of drug-likeness (QED) is 0.772. The summed E-state index contributed by atoms with van der Waals surface area (Å²) in [5, 5.41) is 1.23. The van der Waals surface area contributed by atoms with E-state index in [9.17, 15) is 0 Å². The first-order chi connectivity index (χ1) is 9.11. The number of nitrogens with zero attached hydrogens (tertiary/aromatic N) is 2. The van der Waals surface area contributed by atoms with Gasteiger partial charge in [-0.05, 0) is 56.2 Å². The molecule has 2 fully saturated rings.